The van der Waals surface area contributed by atoms with Crippen molar-refractivity contribution in [3.8, 4) is 11.5 Å². The fraction of sp³-hybridized carbons (Fsp3) is 0.350. The summed E-state index contributed by atoms with van der Waals surface area (Å²) in [5, 5.41) is 5.58. The zero-order valence-corrected chi connectivity index (χ0v) is 15.0. The molecule has 2 aromatic carbocycles. The van der Waals surface area contributed by atoms with Crippen LogP contribution in [-0.4, -0.2) is 25.8 Å². The van der Waals surface area contributed by atoms with E-state index in [1.165, 1.54) is 5.56 Å². The maximum atomic E-state index is 11.9. The molecule has 0 atom stereocenters. The minimum atomic E-state index is -0.243. The number of carbonyl (C=O) groups is 1. The molecule has 0 aliphatic rings. The van der Waals surface area contributed by atoms with Crippen LogP contribution in [0.15, 0.2) is 48.5 Å². The molecule has 2 amide bonds. The molecule has 0 unspecified atom stereocenters. The second kappa shape index (κ2) is 9.57. The van der Waals surface area contributed by atoms with Gasteiger partial charge in [-0.3, -0.25) is 0 Å². The molecule has 2 rings (SSSR count). The Kier molecular flexibility index (Phi) is 7.14. The quantitative estimate of drug-likeness (QED) is 0.699. The second-order valence-corrected chi connectivity index (χ2v) is 5.91. The van der Waals surface area contributed by atoms with Crippen molar-refractivity contribution < 1.29 is 14.3 Å². The van der Waals surface area contributed by atoms with Crippen LogP contribution in [0, 0.1) is 0 Å². The maximum Gasteiger partial charge on any atom is 0.319 e. The molecule has 0 fully saturated rings. The standard InChI is InChI=1S/C20H26N2O3/c1-4-24-18-9-11-19(12-10-18)25-14-13-21-20(23)22-17-7-5-16(6-8-17)15(2)3/h5-12,15H,4,13-14H2,1-3H3,(H2,21,22,23). The summed E-state index contributed by atoms with van der Waals surface area (Å²) in [6.07, 6.45) is 0. The first-order valence-corrected chi connectivity index (χ1v) is 8.59. The van der Waals surface area contributed by atoms with Crippen molar-refractivity contribution in [1.82, 2.24) is 5.32 Å². The average molecular weight is 342 g/mol. The first kappa shape index (κ1) is 18.6. The van der Waals surface area contributed by atoms with E-state index >= 15 is 0 Å². The first-order valence-electron chi connectivity index (χ1n) is 8.59. The van der Waals surface area contributed by atoms with E-state index in [-0.39, 0.29) is 6.03 Å². The lowest BCUT2D eigenvalue weighted by atomic mass is 10.0. The molecule has 0 saturated carbocycles. The summed E-state index contributed by atoms with van der Waals surface area (Å²) in [5.74, 6) is 2.04. The van der Waals surface area contributed by atoms with Crippen molar-refractivity contribution in [2.24, 2.45) is 0 Å². The van der Waals surface area contributed by atoms with Crippen molar-refractivity contribution in [3.63, 3.8) is 0 Å². The third kappa shape index (κ3) is 6.37. The number of nitrogens with one attached hydrogen (secondary N) is 2. The van der Waals surface area contributed by atoms with Gasteiger partial charge in [0.25, 0.3) is 0 Å². The molecule has 25 heavy (non-hydrogen) atoms. The summed E-state index contributed by atoms with van der Waals surface area (Å²) in [5.41, 5.74) is 2.02. The predicted molar refractivity (Wildman–Crippen MR) is 101 cm³/mol. The van der Waals surface area contributed by atoms with Gasteiger partial charge >= 0.3 is 6.03 Å². The summed E-state index contributed by atoms with van der Waals surface area (Å²) >= 11 is 0. The molecule has 2 aromatic rings. The van der Waals surface area contributed by atoms with Crippen LogP contribution in [0.4, 0.5) is 10.5 Å². The van der Waals surface area contributed by atoms with E-state index in [0.717, 1.165) is 17.2 Å². The third-order valence-corrected chi connectivity index (χ3v) is 3.63. The minimum absolute atomic E-state index is 0.243. The topological polar surface area (TPSA) is 59.6 Å². The molecule has 134 valence electrons. The Labute approximate surface area is 149 Å². The Hall–Kier alpha value is -2.69. The number of amides is 2. The minimum Gasteiger partial charge on any atom is -0.494 e. The Morgan fingerprint density at radius 3 is 2.12 bits per heavy atom. The molecular formula is C20H26N2O3. The lowest BCUT2D eigenvalue weighted by Crippen LogP contribution is -2.32. The highest BCUT2D eigenvalue weighted by Crippen LogP contribution is 2.18. The van der Waals surface area contributed by atoms with Gasteiger partial charge in [0.1, 0.15) is 18.1 Å². The van der Waals surface area contributed by atoms with Crippen LogP contribution in [0.1, 0.15) is 32.3 Å². The summed E-state index contributed by atoms with van der Waals surface area (Å²) in [4.78, 5) is 11.9. The van der Waals surface area contributed by atoms with Crippen LogP contribution < -0.4 is 20.1 Å². The smallest absolute Gasteiger partial charge is 0.319 e. The van der Waals surface area contributed by atoms with E-state index in [0.29, 0.717) is 25.7 Å². The molecule has 0 aliphatic heterocycles. The van der Waals surface area contributed by atoms with E-state index in [9.17, 15) is 4.79 Å². The molecule has 0 aliphatic carbocycles. The molecule has 0 bridgehead atoms. The van der Waals surface area contributed by atoms with Gasteiger partial charge in [0.05, 0.1) is 13.2 Å². The number of ether oxygens (including phenoxy) is 2. The summed E-state index contributed by atoms with van der Waals surface area (Å²) in [6, 6.07) is 15.0. The Morgan fingerprint density at radius 2 is 1.56 bits per heavy atom. The van der Waals surface area contributed by atoms with Crippen molar-refractivity contribution in [2.45, 2.75) is 26.7 Å². The van der Waals surface area contributed by atoms with Crippen LogP contribution in [0.3, 0.4) is 0 Å². The van der Waals surface area contributed by atoms with Gasteiger partial charge in [0.2, 0.25) is 0 Å². The van der Waals surface area contributed by atoms with Gasteiger partial charge in [-0.05, 0) is 54.8 Å². The Balaban J connectivity index is 1.68. The Morgan fingerprint density at radius 1 is 0.960 bits per heavy atom. The summed E-state index contributed by atoms with van der Waals surface area (Å²) < 4.78 is 11.0. The number of carbonyl (C=O) groups excluding carboxylic acids is 1. The zero-order chi connectivity index (χ0) is 18.1. The highest BCUT2D eigenvalue weighted by molar-refractivity contribution is 5.89. The summed E-state index contributed by atoms with van der Waals surface area (Å²) in [6.45, 7) is 7.68. The molecule has 0 spiro atoms. The third-order valence-electron chi connectivity index (χ3n) is 3.63. The van der Waals surface area contributed by atoms with Crippen LogP contribution >= 0.6 is 0 Å². The first-order chi connectivity index (χ1) is 12.1. The largest absolute Gasteiger partial charge is 0.494 e. The highest BCUT2D eigenvalue weighted by Gasteiger charge is 2.03. The predicted octanol–water partition coefficient (Wildman–Crippen LogP) is 4.41. The number of anilines is 1. The van der Waals surface area contributed by atoms with Gasteiger partial charge in [-0.15, -0.1) is 0 Å². The molecule has 5 heteroatoms. The lowest BCUT2D eigenvalue weighted by molar-refractivity contribution is 0.247. The second-order valence-electron chi connectivity index (χ2n) is 5.91. The number of hydrogen-bond donors (Lipinski definition) is 2. The maximum absolute atomic E-state index is 11.9. The van der Waals surface area contributed by atoms with Gasteiger partial charge in [-0.2, -0.15) is 0 Å². The zero-order valence-electron chi connectivity index (χ0n) is 15.0. The number of rotatable bonds is 8. The van der Waals surface area contributed by atoms with Gasteiger partial charge in [0, 0.05) is 5.69 Å². The van der Waals surface area contributed by atoms with E-state index < -0.39 is 0 Å². The van der Waals surface area contributed by atoms with Crippen molar-refractivity contribution in [3.05, 3.63) is 54.1 Å². The van der Waals surface area contributed by atoms with Crippen LogP contribution in [-0.2, 0) is 0 Å². The van der Waals surface area contributed by atoms with Crippen molar-refractivity contribution in [1.29, 1.82) is 0 Å². The number of urea groups is 1. The molecule has 0 saturated heterocycles. The van der Waals surface area contributed by atoms with Gasteiger partial charge in [0.15, 0.2) is 0 Å². The van der Waals surface area contributed by atoms with Crippen LogP contribution in [0.5, 0.6) is 11.5 Å². The lowest BCUT2D eigenvalue weighted by Gasteiger charge is -2.11. The molecule has 0 radical (unpaired) electrons. The molecule has 5 nitrogen and oxygen atoms in total. The molecule has 2 N–H and O–H groups in total. The highest BCUT2D eigenvalue weighted by atomic mass is 16.5. The Bertz CT molecular complexity index is 652. The van der Waals surface area contributed by atoms with E-state index in [1.54, 1.807) is 0 Å². The monoisotopic (exact) mass is 342 g/mol. The van der Waals surface area contributed by atoms with Gasteiger partial charge in [-0.25, -0.2) is 4.79 Å². The molecule has 0 aromatic heterocycles. The van der Waals surface area contributed by atoms with Crippen LogP contribution in [0.25, 0.3) is 0 Å². The van der Waals surface area contributed by atoms with Crippen molar-refractivity contribution in [2.75, 3.05) is 25.1 Å². The average Bonchev–Trinajstić information content (AvgIpc) is 2.61. The molecular weight excluding hydrogens is 316 g/mol. The summed E-state index contributed by atoms with van der Waals surface area (Å²) in [7, 11) is 0. The fourth-order valence-corrected chi connectivity index (χ4v) is 2.26. The van der Waals surface area contributed by atoms with Crippen LogP contribution in [0.2, 0.25) is 0 Å². The number of hydrogen-bond acceptors (Lipinski definition) is 3. The van der Waals surface area contributed by atoms with Crippen molar-refractivity contribution >= 4 is 11.7 Å². The molecule has 0 heterocycles. The SMILES string of the molecule is CCOc1ccc(OCCNC(=O)Nc2ccc(C(C)C)cc2)cc1. The van der Waals surface area contributed by atoms with E-state index in [4.69, 9.17) is 9.47 Å². The fourth-order valence-electron chi connectivity index (χ4n) is 2.26. The number of benzene rings is 2. The van der Waals surface area contributed by atoms with E-state index in [1.807, 2.05) is 55.5 Å². The van der Waals surface area contributed by atoms with Gasteiger partial charge < -0.3 is 20.1 Å². The van der Waals surface area contributed by atoms with E-state index in [2.05, 4.69) is 24.5 Å². The normalized spacial score (nSPS) is 10.4. The van der Waals surface area contributed by atoms with Gasteiger partial charge in [-0.1, -0.05) is 26.0 Å².